The van der Waals surface area contributed by atoms with Crippen LogP contribution in [0.4, 0.5) is 5.69 Å². The van der Waals surface area contributed by atoms with Gasteiger partial charge in [0, 0.05) is 36.8 Å². The van der Waals surface area contributed by atoms with Crippen molar-refractivity contribution in [1.82, 2.24) is 9.47 Å². The van der Waals surface area contributed by atoms with E-state index in [1.165, 1.54) is 25.3 Å². The molecule has 2 aliphatic heterocycles. The molecular weight excluding hydrogens is 502 g/mol. The summed E-state index contributed by atoms with van der Waals surface area (Å²) < 4.78 is 35.0. The fourth-order valence-electron chi connectivity index (χ4n) is 5.65. The zero-order valence-corrected chi connectivity index (χ0v) is 21.6. The molecule has 3 heterocycles. The van der Waals surface area contributed by atoms with Crippen molar-refractivity contribution in [1.29, 1.82) is 0 Å². The number of carbonyl (C=O) groups excluding carboxylic acids is 1. The van der Waals surface area contributed by atoms with Gasteiger partial charge in [-0.15, -0.1) is 0 Å². The van der Waals surface area contributed by atoms with Gasteiger partial charge in [0.2, 0.25) is 0 Å². The molecule has 2 atom stereocenters. The van der Waals surface area contributed by atoms with E-state index < -0.39 is 10.0 Å². The van der Waals surface area contributed by atoms with Crippen molar-refractivity contribution in [2.75, 3.05) is 24.9 Å². The molecule has 1 aromatic heterocycles. The number of rotatable bonds is 5. The van der Waals surface area contributed by atoms with Crippen LogP contribution in [0.15, 0.2) is 88.6 Å². The minimum absolute atomic E-state index is 0.00634. The first-order valence-corrected chi connectivity index (χ1v) is 14.0. The molecule has 1 fully saturated rings. The maximum atomic E-state index is 13.4. The van der Waals surface area contributed by atoms with Crippen LogP contribution in [0.3, 0.4) is 0 Å². The van der Waals surface area contributed by atoms with Crippen LogP contribution in [0.1, 0.15) is 28.4 Å². The van der Waals surface area contributed by atoms with Crippen LogP contribution < -0.4 is 15.0 Å². The molecule has 8 nitrogen and oxygen atoms in total. The van der Waals surface area contributed by atoms with Gasteiger partial charge in [-0.2, -0.15) is 0 Å². The fraction of sp³-hybridized carbons (Fsp3) is 0.241. The molecule has 194 valence electrons. The molecule has 6 rings (SSSR count). The van der Waals surface area contributed by atoms with E-state index in [4.69, 9.17) is 4.74 Å². The Morgan fingerprint density at radius 3 is 2.45 bits per heavy atom. The summed E-state index contributed by atoms with van der Waals surface area (Å²) >= 11 is 0. The lowest BCUT2D eigenvalue weighted by Crippen LogP contribution is -2.49. The van der Waals surface area contributed by atoms with Crippen LogP contribution in [0.25, 0.3) is 10.8 Å². The van der Waals surface area contributed by atoms with Crippen molar-refractivity contribution >= 4 is 32.4 Å². The number of nitrogens with zero attached hydrogens (tertiary/aromatic N) is 2. The molecular formula is C29H27N3O5S. The van der Waals surface area contributed by atoms with Gasteiger partial charge in [0.25, 0.3) is 21.5 Å². The van der Waals surface area contributed by atoms with Gasteiger partial charge in [-0.3, -0.25) is 14.3 Å². The van der Waals surface area contributed by atoms with Gasteiger partial charge in [0.05, 0.1) is 12.0 Å². The topological polar surface area (TPSA) is 97.7 Å². The number of carbonyl (C=O) groups is 1. The fourth-order valence-corrected chi connectivity index (χ4v) is 6.71. The Bertz CT molecular complexity index is 1710. The molecule has 1 saturated heterocycles. The van der Waals surface area contributed by atoms with E-state index in [9.17, 15) is 18.0 Å². The van der Waals surface area contributed by atoms with Crippen molar-refractivity contribution in [3.8, 4) is 5.75 Å². The van der Waals surface area contributed by atoms with E-state index in [0.717, 1.165) is 22.9 Å². The smallest absolute Gasteiger partial charge is 0.275 e. The average Bonchev–Trinajstić information content (AvgIpc) is 2.94. The Morgan fingerprint density at radius 1 is 0.921 bits per heavy atom. The lowest BCUT2D eigenvalue weighted by atomic mass is 9.83. The highest BCUT2D eigenvalue weighted by Gasteiger charge is 2.37. The Labute approximate surface area is 220 Å². The van der Waals surface area contributed by atoms with Gasteiger partial charge in [-0.1, -0.05) is 30.3 Å². The summed E-state index contributed by atoms with van der Waals surface area (Å²) in [4.78, 5) is 28.7. The second kappa shape index (κ2) is 9.33. The largest absolute Gasteiger partial charge is 0.497 e. The number of hydrogen-bond acceptors (Lipinski definition) is 5. The monoisotopic (exact) mass is 529 g/mol. The third kappa shape index (κ3) is 4.32. The molecule has 2 aliphatic rings. The maximum absolute atomic E-state index is 13.4. The van der Waals surface area contributed by atoms with Crippen LogP contribution in [0.2, 0.25) is 0 Å². The minimum atomic E-state index is -3.94. The number of amides is 1. The first-order chi connectivity index (χ1) is 18.3. The number of likely N-dealkylation sites (tertiary alicyclic amines) is 1. The van der Waals surface area contributed by atoms with Crippen LogP contribution in [0.5, 0.6) is 5.75 Å². The van der Waals surface area contributed by atoms with Crippen molar-refractivity contribution in [3.05, 3.63) is 100 Å². The summed E-state index contributed by atoms with van der Waals surface area (Å²) in [5.74, 6) is 0.645. The standard InChI is InChI=1S/C29H27N3O5S/c1-37-24-8-10-25(11-9-24)38(35,36)30-26-12-13-27-23-14-19(17-32(27)29(26)34)16-31(18-23)28(33)22-7-6-20-4-2-3-5-21(20)15-22/h2-13,15,19,23,30H,14,16-18H2,1H3/t19-,23+/m0/s1. The first kappa shape index (κ1) is 24.2. The van der Waals surface area contributed by atoms with E-state index in [-0.39, 0.29) is 33.9 Å². The molecule has 4 aromatic rings. The Kier molecular flexibility index (Phi) is 5.95. The number of sulfonamides is 1. The zero-order valence-electron chi connectivity index (χ0n) is 20.8. The molecule has 2 bridgehead atoms. The molecule has 9 heteroatoms. The second-order valence-corrected chi connectivity index (χ2v) is 11.6. The molecule has 1 amide bonds. The molecule has 0 saturated carbocycles. The van der Waals surface area contributed by atoms with Crippen molar-refractivity contribution < 1.29 is 17.9 Å². The summed E-state index contributed by atoms with van der Waals surface area (Å²) in [5, 5.41) is 2.11. The van der Waals surface area contributed by atoms with Gasteiger partial charge < -0.3 is 14.2 Å². The van der Waals surface area contributed by atoms with E-state index in [2.05, 4.69) is 4.72 Å². The Morgan fingerprint density at radius 2 is 1.68 bits per heavy atom. The Hall–Kier alpha value is -4.11. The van der Waals surface area contributed by atoms with Crippen molar-refractivity contribution in [3.63, 3.8) is 0 Å². The van der Waals surface area contributed by atoms with Crippen molar-refractivity contribution in [2.45, 2.75) is 23.8 Å². The number of piperidine rings is 1. The SMILES string of the molecule is COc1ccc(S(=O)(=O)Nc2ccc3n(c2=O)C[C@H]2C[C@@H]3CN(C(=O)c3ccc4ccccc4c3)C2)cc1. The predicted octanol–water partition coefficient (Wildman–Crippen LogP) is 4.07. The van der Waals surface area contributed by atoms with Gasteiger partial charge >= 0.3 is 0 Å². The van der Waals surface area contributed by atoms with Gasteiger partial charge in [-0.05, 0) is 71.6 Å². The highest BCUT2D eigenvalue weighted by molar-refractivity contribution is 7.92. The molecule has 1 N–H and O–H groups in total. The van der Waals surface area contributed by atoms with Gasteiger partial charge in [-0.25, -0.2) is 8.42 Å². The molecule has 0 aliphatic carbocycles. The molecule has 0 spiro atoms. The maximum Gasteiger partial charge on any atom is 0.275 e. The van der Waals surface area contributed by atoms with Crippen LogP contribution >= 0.6 is 0 Å². The average molecular weight is 530 g/mol. The number of hydrogen-bond donors (Lipinski definition) is 1. The van der Waals surface area contributed by atoms with E-state index in [1.54, 1.807) is 22.8 Å². The number of anilines is 1. The van der Waals surface area contributed by atoms with E-state index in [0.29, 0.717) is 30.9 Å². The third-order valence-electron chi connectivity index (χ3n) is 7.50. The summed E-state index contributed by atoms with van der Waals surface area (Å²) in [6.07, 6.45) is 0.887. The predicted molar refractivity (Wildman–Crippen MR) is 145 cm³/mol. The van der Waals surface area contributed by atoms with E-state index in [1.807, 2.05) is 47.4 Å². The van der Waals surface area contributed by atoms with Crippen LogP contribution in [-0.4, -0.2) is 44.0 Å². The zero-order chi connectivity index (χ0) is 26.4. The van der Waals surface area contributed by atoms with Crippen LogP contribution in [0, 0.1) is 5.92 Å². The number of ether oxygens (including phenoxy) is 1. The number of nitrogens with one attached hydrogen (secondary N) is 1. The normalized spacial score (nSPS) is 18.6. The van der Waals surface area contributed by atoms with Gasteiger partial charge in [0.15, 0.2) is 0 Å². The Balaban J connectivity index is 1.24. The highest BCUT2D eigenvalue weighted by atomic mass is 32.2. The molecule has 3 aromatic carbocycles. The summed E-state index contributed by atoms with van der Waals surface area (Å²) in [5.41, 5.74) is 1.12. The minimum Gasteiger partial charge on any atom is -0.497 e. The molecule has 0 radical (unpaired) electrons. The summed E-state index contributed by atoms with van der Waals surface area (Å²) in [7, 11) is -2.44. The lowest BCUT2D eigenvalue weighted by Gasteiger charge is -2.43. The first-order valence-electron chi connectivity index (χ1n) is 12.5. The number of fused-ring (bicyclic) bond motifs is 5. The third-order valence-corrected chi connectivity index (χ3v) is 8.88. The number of pyridine rings is 1. The molecule has 0 unspecified atom stereocenters. The second-order valence-electron chi connectivity index (χ2n) is 9.94. The van der Waals surface area contributed by atoms with Gasteiger partial charge in [0.1, 0.15) is 11.4 Å². The van der Waals surface area contributed by atoms with Crippen LogP contribution in [-0.2, 0) is 16.6 Å². The van der Waals surface area contributed by atoms with E-state index >= 15 is 0 Å². The summed E-state index contributed by atoms with van der Waals surface area (Å²) in [6.45, 7) is 1.50. The summed E-state index contributed by atoms with van der Waals surface area (Å²) in [6, 6.07) is 23.0. The molecule has 38 heavy (non-hydrogen) atoms. The number of aromatic nitrogens is 1. The quantitative estimate of drug-likeness (QED) is 0.420. The number of benzene rings is 3. The highest BCUT2D eigenvalue weighted by Crippen LogP contribution is 2.36. The lowest BCUT2D eigenvalue weighted by molar-refractivity contribution is 0.0595. The number of methoxy groups -OCH3 is 1. The van der Waals surface area contributed by atoms with Crippen molar-refractivity contribution in [2.24, 2.45) is 5.92 Å².